The molecule has 9 N–H and O–H groups in total. The molecular weight excluding hydrogens is 406 g/mol. The molecule has 0 aromatic rings. The molecule has 0 saturated carbocycles. The van der Waals surface area contributed by atoms with E-state index in [4.69, 9.17) is 21.7 Å². The van der Waals surface area contributed by atoms with Crippen LogP contribution in [0.2, 0.25) is 0 Å². The number of carbonyl (C=O) groups excluding carboxylic acids is 3. The van der Waals surface area contributed by atoms with Gasteiger partial charge in [-0.3, -0.25) is 19.2 Å². The second-order valence-electron chi connectivity index (χ2n) is 6.24. The van der Waals surface area contributed by atoms with Crippen LogP contribution in [0.15, 0.2) is 0 Å². The minimum atomic E-state index is -1.20. The molecule has 3 atom stereocenters. The van der Waals surface area contributed by atoms with Gasteiger partial charge in [-0.1, -0.05) is 0 Å². The summed E-state index contributed by atoms with van der Waals surface area (Å²) < 4.78 is 0. The van der Waals surface area contributed by atoms with Crippen molar-refractivity contribution in [3.8, 4) is 0 Å². The van der Waals surface area contributed by atoms with Crippen LogP contribution in [0.4, 0.5) is 0 Å². The van der Waals surface area contributed by atoms with Gasteiger partial charge in [0.05, 0.1) is 12.6 Å². The number of nitrogens with one attached hydrogen (secondary N) is 3. The number of unbranched alkanes of at least 4 members (excludes halogenated alkanes) is 1. The van der Waals surface area contributed by atoms with Crippen molar-refractivity contribution in [1.82, 2.24) is 16.0 Å². The van der Waals surface area contributed by atoms with E-state index in [1.54, 1.807) is 0 Å². The first kappa shape index (κ1) is 26.6. The zero-order valence-corrected chi connectivity index (χ0v) is 16.8. The monoisotopic (exact) mass is 435 g/mol. The summed E-state index contributed by atoms with van der Waals surface area (Å²) in [5.74, 6) is -4.55. The third-order valence-corrected chi connectivity index (χ3v) is 4.19. The van der Waals surface area contributed by atoms with Gasteiger partial charge < -0.3 is 37.6 Å². The van der Waals surface area contributed by atoms with Crippen molar-refractivity contribution in [2.75, 3.05) is 18.8 Å². The van der Waals surface area contributed by atoms with Crippen molar-refractivity contribution < 1.29 is 34.2 Å². The number of carboxylic acids is 2. The van der Waals surface area contributed by atoms with Crippen molar-refractivity contribution in [1.29, 1.82) is 0 Å². The Kier molecular flexibility index (Phi) is 13.4. The van der Waals surface area contributed by atoms with Crippen LogP contribution in [0.25, 0.3) is 0 Å². The molecule has 13 heteroatoms. The van der Waals surface area contributed by atoms with Crippen LogP contribution in [0.5, 0.6) is 0 Å². The Labute approximate surface area is 173 Å². The number of aliphatic carboxylic acids is 2. The summed E-state index contributed by atoms with van der Waals surface area (Å²) in [7, 11) is 0. The number of hydrogen-bond donors (Lipinski definition) is 8. The molecule has 0 saturated heterocycles. The zero-order chi connectivity index (χ0) is 22.4. The number of carboxylic acid groups (broad SMARTS) is 2. The zero-order valence-electron chi connectivity index (χ0n) is 15.9. The van der Waals surface area contributed by atoms with E-state index in [-0.39, 0.29) is 25.0 Å². The lowest BCUT2D eigenvalue weighted by Crippen LogP contribution is -2.54. The largest absolute Gasteiger partial charge is 0.481 e. The van der Waals surface area contributed by atoms with E-state index < -0.39 is 54.3 Å². The smallest absolute Gasteiger partial charge is 0.326 e. The summed E-state index contributed by atoms with van der Waals surface area (Å²) in [5, 5.41) is 24.6. The summed E-state index contributed by atoms with van der Waals surface area (Å²) >= 11 is 3.96. The molecule has 0 aliphatic rings. The van der Waals surface area contributed by atoms with Crippen LogP contribution in [-0.2, 0) is 24.0 Å². The second-order valence-corrected chi connectivity index (χ2v) is 6.61. The third-order valence-electron chi connectivity index (χ3n) is 3.82. The molecule has 0 bridgehead atoms. The van der Waals surface area contributed by atoms with E-state index in [1.807, 2.05) is 0 Å². The highest BCUT2D eigenvalue weighted by Crippen LogP contribution is 2.01. The van der Waals surface area contributed by atoms with Crippen LogP contribution in [0, 0.1) is 0 Å². The predicted molar refractivity (Wildman–Crippen MR) is 106 cm³/mol. The van der Waals surface area contributed by atoms with Crippen LogP contribution in [0.1, 0.15) is 32.1 Å². The number of amides is 3. The predicted octanol–water partition coefficient (Wildman–Crippen LogP) is -2.59. The number of hydrogen-bond acceptors (Lipinski definition) is 8. The maximum Gasteiger partial charge on any atom is 0.326 e. The lowest BCUT2D eigenvalue weighted by atomic mass is 10.1. The SMILES string of the molecule is NCCCCC(NC(=O)CNC(=O)C(CS)NC(=O)C(N)CCC(=O)O)C(=O)O. The first-order chi connectivity index (χ1) is 13.6. The Hall–Kier alpha value is -2.38. The number of rotatable bonds is 15. The molecule has 0 aliphatic heterocycles. The number of nitrogens with two attached hydrogens (primary N) is 2. The molecule has 3 unspecified atom stereocenters. The quantitative estimate of drug-likeness (QED) is 0.0998. The Morgan fingerprint density at radius 1 is 0.931 bits per heavy atom. The van der Waals surface area contributed by atoms with Crippen LogP contribution < -0.4 is 27.4 Å². The highest BCUT2D eigenvalue weighted by molar-refractivity contribution is 7.80. The van der Waals surface area contributed by atoms with Crippen molar-refractivity contribution in [3.05, 3.63) is 0 Å². The average Bonchev–Trinajstić information content (AvgIpc) is 2.67. The summed E-state index contributed by atoms with van der Waals surface area (Å²) in [4.78, 5) is 57.6. The van der Waals surface area contributed by atoms with Gasteiger partial charge in [0.25, 0.3) is 0 Å². The standard InChI is InChI=1S/C16H29N5O7S/c17-6-2-1-3-10(16(27)28)20-12(22)7-19-15(26)11(8-29)21-14(25)9(18)4-5-13(23)24/h9-11,29H,1-8,17-18H2,(H,19,26)(H,20,22)(H,21,25)(H,23,24)(H,27,28). The Morgan fingerprint density at radius 2 is 1.59 bits per heavy atom. The van der Waals surface area contributed by atoms with Crippen molar-refractivity contribution in [2.24, 2.45) is 11.5 Å². The molecule has 0 rings (SSSR count). The summed E-state index contributed by atoms with van der Waals surface area (Å²) in [6.45, 7) is -0.0855. The number of carbonyl (C=O) groups is 5. The topological polar surface area (TPSA) is 214 Å². The van der Waals surface area contributed by atoms with Crippen molar-refractivity contribution >= 4 is 42.3 Å². The summed E-state index contributed by atoms with van der Waals surface area (Å²) in [6, 6.07) is -3.32. The van der Waals surface area contributed by atoms with Crippen LogP contribution >= 0.6 is 12.6 Å². The molecule has 12 nitrogen and oxygen atoms in total. The highest BCUT2D eigenvalue weighted by atomic mass is 32.1. The molecule has 0 aliphatic carbocycles. The molecule has 0 radical (unpaired) electrons. The second kappa shape index (κ2) is 14.6. The van der Waals surface area contributed by atoms with E-state index in [0.29, 0.717) is 19.4 Å². The molecule has 0 aromatic carbocycles. The number of thiol groups is 1. The van der Waals surface area contributed by atoms with E-state index in [1.165, 1.54) is 0 Å². The van der Waals surface area contributed by atoms with E-state index in [2.05, 4.69) is 28.6 Å². The van der Waals surface area contributed by atoms with Gasteiger partial charge in [-0.25, -0.2) is 4.79 Å². The first-order valence-corrected chi connectivity index (χ1v) is 9.64. The van der Waals surface area contributed by atoms with Gasteiger partial charge in [-0.2, -0.15) is 12.6 Å². The fourth-order valence-electron chi connectivity index (χ4n) is 2.17. The van der Waals surface area contributed by atoms with E-state index in [9.17, 15) is 24.0 Å². The van der Waals surface area contributed by atoms with Gasteiger partial charge in [0, 0.05) is 12.2 Å². The fraction of sp³-hybridized carbons (Fsp3) is 0.688. The van der Waals surface area contributed by atoms with Crippen LogP contribution in [-0.4, -0.2) is 76.8 Å². The first-order valence-electron chi connectivity index (χ1n) is 9.00. The third kappa shape index (κ3) is 11.9. The molecule has 0 aromatic heterocycles. The minimum Gasteiger partial charge on any atom is -0.481 e. The molecular formula is C16H29N5O7S. The van der Waals surface area contributed by atoms with Gasteiger partial charge in [-0.05, 0) is 32.2 Å². The van der Waals surface area contributed by atoms with Gasteiger partial charge in [0.1, 0.15) is 12.1 Å². The van der Waals surface area contributed by atoms with Gasteiger partial charge in [0.15, 0.2) is 0 Å². The Balaban J connectivity index is 4.51. The van der Waals surface area contributed by atoms with Gasteiger partial charge >= 0.3 is 11.9 Å². The lowest BCUT2D eigenvalue weighted by Gasteiger charge is -2.19. The normalized spacial score (nSPS) is 13.6. The Bertz CT molecular complexity index is 590. The van der Waals surface area contributed by atoms with E-state index >= 15 is 0 Å². The van der Waals surface area contributed by atoms with Gasteiger partial charge in [-0.15, -0.1) is 0 Å². The van der Waals surface area contributed by atoms with Crippen LogP contribution in [0.3, 0.4) is 0 Å². The highest BCUT2D eigenvalue weighted by Gasteiger charge is 2.24. The summed E-state index contributed by atoms with van der Waals surface area (Å²) in [6.07, 6.45) is 0.938. The van der Waals surface area contributed by atoms with E-state index in [0.717, 1.165) is 0 Å². The fourth-order valence-corrected chi connectivity index (χ4v) is 2.43. The molecule has 0 heterocycles. The van der Waals surface area contributed by atoms with Gasteiger partial charge in [0.2, 0.25) is 17.7 Å². The van der Waals surface area contributed by atoms with Crippen molar-refractivity contribution in [2.45, 2.75) is 50.2 Å². The molecule has 0 fully saturated rings. The molecule has 3 amide bonds. The molecule has 29 heavy (non-hydrogen) atoms. The Morgan fingerprint density at radius 3 is 2.10 bits per heavy atom. The average molecular weight is 436 g/mol. The minimum absolute atomic E-state index is 0.0956. The maximum absolute atomic E-state index is 12.1. The maximum atomic E-state index is 12.1. The van der Waals surface area contributed by atoms with Crippen molar-refractivity contribution in [3.63, 3.8) is 0 Å². The summed E-state index contributed by atoms with van der Waals surface area (Å²) in [5.41, 5.74) is 10.9. The molecule has 0 spiro atoms. The lowest BCUT2D eigenvalue weighted by molar-refractivity contribution is -0.142. The molecule has 166 valence electrons.